The normalized spacial score (nSPS) is 14.2. The van der Waals surface area contributed by atoms with Gasteiger partial charge in [-0.05, 0) is 17.7 Å². The zero-order valence-corrected chi connectivity index (χ0v) is 18.5. The van der Waals surface area contributed by atoms with Crippen LogP contribution in [-0.2, 0) is 33.8 Å². The van der Waals surface area contributed by atoms with E-state index in [4.69, 9.17) is 9.47 Å². The molecular formula is C24H27N5O4. The minimum absolute atomic E-state index is 0.0738. The lowest BCUT2D eigenvalue weighted by Crippen LogP contribution is -2.38. The lowest BCUT2D eigenvalue weighted by Gasteiger charge is -2.25. The lowest BCUT2D eigenvalue weighted by molar-refractivity contribution is -0.142. The number of aromatic nitrogens is 3. The molecule has 0 fully saturated rings. The Balaban J connectivity index is 1.33. The third-order valence-electron chi connectivity index (χ3n) is 5.53. The van der Waals surface area contributed by atoms with Crippen LogP contribution in [0.4, 0.5) is 0 Å². The van der Waals surface area contributed by atoms with Gasteiger partial charge in [-0.1, -0.05) is 48.5 Å². The van der Waals surface area contributed by atoms with Gasteiger partial charge in [0.2, 0.25) is 0 Å². The lowest BCUT2D eigenvalue weighted by atomic mass is 10.1. The van der Waals surface area contributed by atoms with Gasteiger partial charge in [-0.2, -0.15) is 0 Å². The summed E-state index contributed by atoms with van der Waals surface area (Å²) >= 11 is 0. The zero-order valence-electron chi connectivity index (χ0n) is 18.5. The van der Waals surface area contributed by atoms with Crippen molar-refractivity contribution in [3.63, 3.8) is 0 Å². The SMILES string of the molecule is CO[C@@H](C(=O)N1CCc2nnc(CNC(=O)COc3ccccc3)n2CC1)c1ccccc1. The molecule has 1 aliphatic heterocycles. The maximum absolute atomic E-state index is 13.1. The molecule has 1 atom stereocenters. The Bertz CT molecular complexity index is 1070. The first-order valence-corrected chi connectivity index (χ1v) is 10.9. The standard InChI is InChI=1S/C24H27N5O4/c1-32-23(18-8-4-2-5-9-18)24(31)28-13-12-20-26-27-21(29(20)15-14-28)16-25-22(30)17-33-19-10-6-3-7-11-19/h2-11,23H,12-17H2,1H3,(H,25,30)/t23-/m1/s1. The number of benzene rings is 2. The molecule has 0 bridgehead atoms. The molecule has 0 saturated carbocycles. The van der Waals surface area contributed by atoms with E-state index in [1.807, 2.05) is 53.1 Å². The maximum atomic E-state index is 13.1. The summed E-state index contributed by atoms with van der Waals surface area (Å²) in [5.74, 6) is 1.77. The molecule has 0 saturated heterocycles. The number of methoxy groups -OCH3 is 1. The number of amides is 2. The van der Waals surface area contributed by atoms with E-state index in [2.05, 4.69) is 15.5 Å². The smallest absolute Gasteiger partial charge is 0.258 e. The van der Waals surface area contributed by atoms with Crippen LogP contribution in [0, 0.1) is 0 Å². The molecule has 1 aliphatic rings. The van der Waals surface area contributed by atoms with Gasteiger partial charge >= 0.3 is 0 Å². The van der Waals surface area contributed by atoms with Crippen molar-refractivity contribution in [1.29, 1.82) is 0 Å². The Hall–Kier alpha value is -3.72. The van der Waals surface area contributed by atoms with Crippen LogP contribution in [0.5, 0.6) is 5.75 Å². The number of carbonyl (C=O) groups is 2. The number of nitrogens with zero attached hydrogens (tertiary/aromatic N) is 4. The van der Waals surface area contributed by atoms with Crippen LogP contribution in [0.3, 0.4) is 0 Å². The van der Waals surface area contributed by atoms with Crippen molar-refractivity contribution in [3.05, 3.63) is 77.9 Å². The number of hydrogen-bond donors (Lipinski definition) is 1. The van der Waals surface area contributed by atoms with E-state index >= 15 is 0 Å². The highest BCUT2D eigenvalue weighted by Gasteiger charge is 2.28. The molecule has 4 rings (SSSR count). The predicted molar refractivity (Wildman–Crippen MR) is 120 cm³/mol. The number of nitrogens with one attached hydrogen (secondary N) is 1. The Morgan fingerprint density at radius 2 is 1.73 bits per heavy atom. The largest absolute Gasteiger partial charge is 0.484 e. The van der Waals surface area contributed by atoms with E-state index in [-0.39, 0.29) is 25.0 Å². The van der Waals surface area contributed by atoms with E-state index in [1.165, 1.54) is 0 Å². The first kappa shape index (κ1) is 22.5. The highest BCUT2D eigenvalue weighted by atomic mass is 16.5. The van der Waals surface area contributed by atoms with Crippen LogP contribution in [0.1, 0.15) is 23.3 Å². The summed E-state index contributed by atoms with van der Waals surface area (Å²) in [6.07, 6.45) is -0.0622. The second-order valence-corrected chi connectivity index (χ2v) is 7.66. The Labute approximate surface area is 192 Å². The van der Waals surface area contributed by atoms with Crippen molar-refractivity contribution in [2.24, 2.45) is 0 Å². The van der Waals surface area contributed by atoms with Gasteiger partial charge < -0.3 is 24.3 Å². The first-order valence-electron chi connectivity index (χ1n) is 10.9. The van der Waals surface area contributed by atoms with Crippen LogP contribution in [0.2, 0.25) is 0 Å². The van der Waals surface area contributed by atoms with E-state index in [1.54, 1.807) is 24.1 Å². The molecule has 1 N–H and O–H groups in total. The fourth-order valence-corrected chi connectivity index (χ4v) is 3.80. The zero-order chi connectivity index (χ0) is 23.0. The van der Waals surface area contributed by atoms with Crippen LogP contribution >= 0.6 is 0 Å². The van der Waals surface area contributed by atoms with E-state index in [0.717, 1.165) is 11.4 Å². The Morgan fingerprint density at radius 1 is 1.00 bits per heavy atom. The van der Waals surface area contributed by atoms with E-state index in [0.29, 0.717) is 37.6 Å². The molecule has 0 unspecified atom stereocenters. The third-order valence-corrected chi connectivity index (χ3v) is 5.53. The summed E-state index contributed by atoms with van der Waals surface area (Å²) < 4.78 is 12.9. The van der Waals surface area contributed by atoms with Crippen molar-refractivity contribution in [3.8, 4) is 5.75 Å². The molecule has 2 amide bonds. The molecule has 3 aromatic rings. The summed E-state index contributed by atoms with van der Waals surface area (Å²) in [5, 5.41) is 11.3. The molecular weight excluding hydrogens is 422 g/mol. The fourth-order valence-electron chi connectivity index (χ4n) is 3.80. The van der Waals surface area contributed by atoms with Crippen molar-refractivity contribution in [1.82, 2.24) is 25.0 Å². The topological polar surface area (TPSA) is 98.6 Å². The van der Waals surface area contributed by atoms with Crippen molar-refractivity contribution < 1.29 is 19.1 Å². The molecule has 9 nitrogen and oxygen atoms in total. The van der Waals surface area contributed by atoms with E-state index in [9.17, 15) is 9.59 Å². The van der Waals surface area contributed by atoms with Crippen LogP contribution in [0.15, 0.2) is 60.7 Å². The Kier molecular flexibility index (Phi) is 7.31. The van der Waals surface area contributed by atoms with Gasteiger partial charge in [0.25, 0.3) is 11.8 Å². The van der Waals surface area contributed by atoms with Crippen LogP contribution in [-0.4, -0.2) is 58.3 Å². The van der Waals surface area contributed by atoms with Gasteiger partial charge in [-0.15, -0.1) is 10.2 Å². The quantitative estimate of drug-likeness (QED) is 0.563. The molecule has 9 heteroatoms. The highest BCUT2D eigenvalue weighted by molar-refractivity contribution is 5.82. The monoisotopic (exact) mass is 449 g/mol. The van der Waals surface area contributed by atoms with Gasteiger partial charge in [0.15, 0.2) is 18.5 Å². The summed E-state index contributed by atoms with van der Waals surface area (Å²) in [5.41, 5.74) is 0.828. The number of rotatable bonds is 8. The van der Waals surface area contributed by atoms with Gasteiger partial charge in [-0.25, -0.2) is 0 Å². The summed E-state index contributed by atoms with van der Waals surface area (Å²) in [7, 11) is 1.55. The number of para-hydroxylation sites is 1. The maximum Gasteiger partial charge on any atom is 0.258 e. The molecule has 172 valence electrons. The first-order chi connectivity index (χ1) is 16.2. The molecule has 0 spiro atoms. The average Bonchev–Trinajstić information content (AvgIpc) is 3.12. The van der Waals surface area contributed by atoms with Crippen molar-refractivity contribution in [2.45, 2.75) is 25.6 Å². The number of fused-ring (bicyclic) bond motifs is 1. The minimum atomic E-state index is -0.641. The van der Waals surface area contributed by atoms with Gasteiger partial charge in [-0.3, -0.25) is 9.59 Å². The molecule has 2 heterocycles. The summed E-state index contributed by atoms with van der Waals surface area (Å²) in [4.78, 5) is 27.1. The van der Waals surface area contributed by atoms with Crippen LogP contribution < -0.4 is 10.1 Å². The van der Waals surface area contributed by atoms with Gasteiger partial charge in [0.05, 0.1) is 6.54 Å². The molecule has 1 aromatic heterocycles. The minimum Gasteiger partial charge on any atom is -0.484 e. The second-order valence-electron chi connectivity index (χ2n) is 7.66. The van der Waals surface area contributed by atoms with E-state index < -0.39 is 6.10 Å². The van der Waals surface area contributed by atoms with Gasteiger partial charge in [0.1, 0.15) is 11.6 Å². The highest BCUT2D eigenvalue weighted by Crippen LogP contribution is 2.21. The molecule has 0 radical (unpaired) electrons. The molecule has 0 aliphatic carbocycles. The molecule has 2 aromatic carbocycles. The van der Waals surface area contributed by atoms with Crippen molar-refractivity contribution >= 4 is 11.8 Å². The van der Waals surface area contributed by atoms with Gasteiger partial charge in [0, 0.05) is 33.2 Å². The van der Waals surface area contributed by atoms with Crippen LogP contribution in [0.25, 0.3) is 0 Å². The predicted octanol–water partition coefficient (Wildman–Crippen LogP) is 1.75. The summed E-state index contributed by atoms with van der Waals surface area (Å²) in [6, 6.07) is 18.6. The second kappa shape index (κ2) is 10.7. The number of ether oxygens (including phenoxy) is 2. The number of carbonyl (C=O) groups excluding carboxylic acids is 2. The van der Waals surface area contributed by atoms with Crippen molar-refractivity contribution in [2.75, 3.05) is 26.8 Å². The number of hydrogen-bond acceptors (Lipinski definition) is 6. The average molecular weight is 450 g/mol. The molecule has 33 heavy (non-hydrogen) atoms. The third kappa shape index (κ3) is 5.56. The summed E-state index contributed by atoms with van der Waals surface area (Å²) in [6.45, 7) is 1.74. The Morgan fingerprint density at radius 3 is 2.45 bits per heavy atom. The fraction of sp³-hybridized carbons (Fsp3) is 0.333.